The second-order valence-corrected chi connectivity index (χ2v) is 9.32. The summed E-state index contributed by atoms with van der Waals surface area (Å²) in [5.41, 5.74) is 4.23. The molecule has 1 aromatic heterocycles. The molecule has 0 radical (unpaired) electrons. The number of amides is 1. The zero-order valence-corrected chi connectivity index (χ0v) is 16.4. The van der Waals surface area contributed by atoms with Crippen LogP contribution in [0.3, 0.4) is 0 Å². The zero-order chi connectivity index (χ0) is 18.6. The van der Waals surface area contributed by atoms with Crippen molar-refractivity contribution < 1.29 is 4.79 Å². The number of rotatable bonds is 4. The van der Waals surface area contributed by atoms with Crippen molar-refractivity contribution in [2.75, 3.05) is 0 Å². The molecule has 1 amide bonds. The Morgan fingerprint density at radius 3 is 2.26 bits per heavy atom. The van der Waals surface area contributed by atoms with E-state index < -0.39 is 0 Å². The molecule has 2 aromatic rings. The number of hydrogen-bond acceptors (Lipinski definition) is 2. The predicted molar refractivity (Wildman–Crippen MR) is 106 cm³/mol. The van der Waals surface area contributed by atoms with Gasteiger partial charge in [0, 0.05) is 16.8 Å². The predicted octanol–water partition coefficient (Wildman–Crippen LogP) is 4.12. The summed E-state index contributed by atoms with van der Waals surface area (Å²) in [6.45, 7) is 4.08. The molecule has 4 heteroatoms. The Labute approximate surface area is 161 Å². The van der Waals surface area contributed by atoms with E-state index in [0.717, 1.165) is 40.4 Å². The number of aromatic nitrogens is 2. The minimum absolute atomic E-state index is 0.0864. The third-order valence-electron chi connectivity index (χ3n) is 7.22. The van der Waals surface area contributed by atoms with Gasteiger partial charge in [-0.05, 0) is 82.3 Å². The van der Waals surface area contributed by atoms with Crippen molar-refractivity contribution in [1.82, 2.24) is 15.1 Å². The quantitative estimate of drug-likeness (QED) is 0.888. The lowest BCUT2D eigenvalue weighted by molar-refractivity contribution is -0.126. The first-order chi connectivity index (χ1) is 13.0. The Hall–Kier alpha value is -2.10. The van der Waals surface area contributed by atoms with Crippen LogP contribution in [0.2, 0.25) is 0 Å². The molecule has 142 valence electrons. The third kappa shape index (κ3) is 2.99. The highest BCUT2D eigenvalue weighted by molar-refractivity contribution is 5.80. The van der Waals surface area contributed by atoms with Crippen LogP contribution in [-0.2, 0) is 11.2 Å². The maximum Gasteiger partial charge on any atom is 0.224 e. The SMILES string of the molecule is Cc1nn(-c2ccccc2)c(C)c1CC(=O)NC12CC3CC(CC(C3)C1)C2. The van der Waals surface area contributed by atoms with E-state index in [2.05, 4.69) is 24.4 Å². The fourth-order valence-corrected chi connectivity index (χ4v) is 6.52. The van der Waals surface area contributed by atoms with Crippen molar-refractivity contribution in [3.63, 3.8) is 0 Å². The molecule has 0 aliphatic heterocycles. The highest BCUT2D eigenvalue weighted by Gasteiger charge is 2.51. The van der Waals surface area contributed by atoms with Gasteiger partial charge in [0.1, 0.15) is 0 Å². The lowest BCUT2D eigenvalue weighted by Crippen LogP contribution is -2.60. The van der Waals surface area contributed by atoms with E-state index in [4.69, 9.17) is 5.10 Å². The van der Waals surface area contributed by atoms with E-state index in [1.165, 1.54) is 38.5 Å². The smallest absolute Gasteiger partial charge is 0.224 e. The summed E-state index contributed by atoms with van der Waals surface area (Å²) in [4.78, 5) is 13.0. The van der Waals surface area contributed by atoms with Gasteiger partial charge in [-0.2, -0.15) is 5.10 Å². The normalized spacial score (nSPS) is 31.3. The molecule has 0 unspecified atom stereocenters. The van der Waals surface area contributed by atoms with Crippen molar-refractivity contribution in [3.05, 3.63) is 47.3 Å². The molecule has 4 nitrogen and oxygen atoms in total. The van der Waals surface area contributed by atoms with Gasteiger partial charge >= 0.3 is 0 Å². The monoisotopic (exact) mass is 363 g/mol. The van der Waals surface area contributed by atoms with Crippen LogP contribution in [-0.4, -0.2) is 21.2 Å². The summed E-state index contributed by atoms with van der Waals surface area (Å²) in [5.74, 6) is 2.72. The van der Waals surface area contributed by atoms with Gasteiger partial charge in [-0.3, -0.25) is 4.79 Å². The molecule has 4 bridgehead atoms. The minimum Gasteiger partial charge on any atom is -0.350 e. The van der Waals surface area contributed by atoms with Gasteiger partial charge in [0.2, 0.25) is 5.91 Å². The molecule has 1 heterocycles. The molecule has 0 saturated heterocycles. The third-order valence-corrected chi connectivity index (χ3v) is 7.22. The molecule has 1 aromatic carbocycles. The first-order valence-corrected chi connectivity index (χ1v) is 10.4. The van der Waals surface area contributed by atoms with Crippen LogP contribution >= 0.6 is 0 Å². The molecule has 0 spiro atoms. The van der Waals surface area contributed by atoms with E-state index in [1.807, 2.05) is 29.8 Å². The lowest BCUT2D eigenvalue weighted by atomic mass is 9.53. The Morgan fingerprint density at radius 2 is 1.67 bits per heavy atom. The molecule has 0 atom stereocenters. The van der Waals surface area contributed by atoms with Crippen LogP contribution < -0.4 is 5.32 Å². The van der Waals surface area contributed by atoms with Crippen LogP contribution in [0.5, 0.6) is 0 Å². The molecule has 4 aliphatic rings. The summed E-state index contributed by atoms with van der Waals surface area (Å²) in [6, 6.07) is 10.2. The Morgan fingerprint density at radius 1 is 1.07 bits per heavy atom. The number of carbonyl (C=O) groups is 1. The number of nitrogens with one attached hydrogen (secondary N) is 1. The van der Waals surface area contributed by atoms with Crippen molar-refractivity contribution in [3.8, 4) is 5.69 Å². The van der Waals surface area contributed by atoms with Gasteiger partial charge in [0.25, 0.3) is 0 Å². The fourth-order valence-electron chi connectivity index (χ4n) is 6.52. The van der Waals surface area contributed by atoms with Gasteiger partial charge in [0.05, 0.1) is 17.8 Å². The molecular formula is C23H29N3O. The van der Waals surface area contributed by atoms with Gasteiger partial charge in [-0.1, -0.05) is 18.2 Å². The van der Waals surface area contributed by atoms with Crippen molar-refractivity contribution in [1.29, 1.82) is 0 Å². The topological polar surface area (TPSA) is 46.9 Å². The van der Waals surface area contributed by atoms with E-state index >= 15 is 0 Å². The molecule has 6 rings (SSSR count). The maximum absolute atomic E-state index is 13.0. The minimum atomic E-state index is 0.0864. The summed E-state index contributed by atoms with van der Waals surface area (Å²) < 4.78 is 1.96. The molecule has 4 fully saturated rings. The second kappa shape index (κ2) is 6.22. The summed E-state index contributed by atoms with van der Waals surface area (Å²) in [5, 5.41) is 8.20. The zero-order valence-electron chi connectivity index (χ0n) is 16.4. The lowest BCUT2D eigenvalue weighted by Gasteiger charge is -2.56. The number of carbonyl (C=O) groups excluding carboxylic acids is 1. The van der Waals surface area contributed by atoms with Crippen molar-refractivity contribution >= 4 is 5.91 Å². The Kier molecular flexibility index (Phi) is 3.92. The average Bonchev–Trinajstić information content (AvgIpc) is 2.89. The molecule has 1 N–H and O–H groups in total. The number of hydrogen-bond donors (Lipinski definition) is 1. The largest absolute Gasteiger partial charge is 0.350 e. The highest BCUT2D eigenvalue weighted by atomic mass is 16.1. The number of para-hydroxylation sites is 1. The maximum atomic E-state index is 13.0. The molecule has 27 heavy (non-hydrogen) atoms. The van der Waals surface area contributed by atoms with Gasteiger partial charge in [-0.25, -0.2) is 4.68 Å². The van der Waals surface area contributed by atoms with Crippen LogP contribution in [0.15, 0.2) is 30.3 Å². The van der Waals surface area contributed by atoms with Crippen LogP contribution in [0, 0.1) is 31.6 Å². The van der Waals surface area contributed by atoms with Crippen molar-refractivity contribution in [2.45, 2.75) is 64.3 Å². The van der Waals surface area contributed by atoms with E-state index in [9.17, 15) is 4.79 Å². The van der Waals surface area contributed by atoms with Crippen molar-refractivity contribution in [2.24, 2.45) is 17.8 Å². The van der Waals surface area contributed by atoms with Gasteiger partial charge < -0.3 is 5.32 Å². The molecular weight excluding hydrogens is 334 g/mol. The number of aryl methyl sites for hydroxylation is 1. The number of nitrogens with zero attached hydrogens (tertiary/aromatic N) is 2. The summed E-state index contributed by atoms with van der Waals surface area (Å²) >= 11 is 0. The summed E-state index contributed by atoms with van der Waals surface area (Å²) in [7, 11) is 0. The highest BCUT2D eigenvalue weighted by Crippen LogP contribution is 2.55. The second-order valence-electron chi connectivity index (χ2n) is 9.32. The average molecular weight is 364 g/mol. The standard InChI is InChI=1S/C23H29N3O/c1-15-21(16(2)26(25-15)20-6-4-3-5-7-20)11-22(27)24-23-12-17-8-18(13-23)10-19(9-17)14-23/h3-7,17-19H,8-14H2,1-2H3,(H,24,27). The van der Waals surface area contributed by atoms with Gasteiger partial charge in [-0.15, -0.1) is 0 Å². The van der Waals surface area contributed by atoms with E-state index in [1.54, 1.807) is 0 Å². The van der Waals surface area contributed by atoms with E-state index in [0.29, 0.717) is 6.42 Å². The number of benzene rings is 1. The van der Waals surface area contributed by atoms with Crippen LogP contribution in [0.25, 0.3) is 5.69 Å². The summed E-state index contributed by atoms with van der Waals surface area (Å²) in [6.07, 6.45) is 8.24. The Bertz CT molecular complexity index is 832. The van der Waals surface area contributed by atoms with E-state index in [-0.39, 0.29) is 11.4 Å². The van der Waals surface area contributed by atoms with Crippen LogP contribution in [0.1, 0.15) is 55.5 Å². The molecule has 4 saturated carbocycles. The Balaban J connectivity index is 1.34. The first-order valence-electron chi connectivity index (χ1n) is 10.4. The van der Waals surface area contributed by atoms with Crippen LogP contribution in [0.4, 0.5) is 0 Å². The molecule has 4 aliphatic carbocycles. The van der Waals surface area contributed by atoms with Gasteiger partial charge in [0.15, 0.2) is 0 Å². The first kappa shape index (κ1) is 17.0. The fraction of sp³-hybridized carbons (Fsp3) is 0.565.